The van der Waals surface area contributed by atoms with Gasteiger partial charge in [0.05, 0.1) is 6.61 Å². The van der Waals surface area contributed by atoms with E-state index in [2.05, 4.69) is 15.9 Å². The highest BCUT2D eigenvalue weighted by Crippen LogP contribution is 2.31. The van der Waals surface area contributed by atoms with Crippen molar-refractivity contribution in [1.82, 2.24) is 0 Å². The average molecular weight is 285 g/mol. The molecule has 1 aliphatic carbocycles. The summed E-state index contributed by atoms with van der Waals surface area (Å²) in [4.78, 5) is 0. The molecule has 0 aliphatic heterocycles. The molecule has 1 aromatic carbocycles. The van der Waals surface area contributed by atoms with Crippen LogP contribution in [-0.4, -0.2) is 11.7 Å². The molecular weight excluding hydrogens is 268 g/mol. The van der Waals surface area contributed by atoms with Crippen LogP contribution < -0.4 is 4.74 Å². The van der Waals surface area contributed by atoms with Crippen LogP contribution in [0.2, 0.25) is 0 Å². The quantitative estimate of drug-likeness (QED) is 0.905. The van der Waals surface area contributed by atoms with Crippen LogP contribution >= 0.6 is 15.9 Å². The molecule has 2 rings (SSSR count). The lowest BCUT2D eigenvalue weighted by Gasteiger charge is -2.21. The van der Waals surface area contributed by atoms with Gasteiger partial charge in [0.15, 0.2) is 11.5 Å². The maximum absolute atomic E-state index is 9.67. The Balaban J connectivity index is 1.88. The fourth-order valence-electron chi connectivity index (χ4n) is 2.17. The Labute approximate surface area is 105 Å². The second-order valence-corrected chi connectivity index (χ2v) is 5.34. The van der Waals surface area contributed by atoms with Gasteiger partial charge in [-0.2, -0.15) is 0 Å². The van der Waals surface area contributed by atoms with Gasteiger partial charge in [0, 0.05) is 4.47 Å². The van der Waals surface area contributed by atoms with Crippen LogP contribution in [0.5, 0.6) is 11.5 Å². The molecule has 0 amide bonds. The average Bonchev–Trinajstić information content (AvgIpc) is 2.29. The molecular formula is C13H17BrO2. The molecule has 1 saturated carbocycles. The number of hydrogen-bond acceptors (Lipinski definition) is 2. The number of phenolic OH excluding ortho intramolecular Hbond substituents is 1. The van der Waals surface area contributed by atoms with E-state index in [4.69, 9.17) is 4.74 Å². The van der Waals surface area contributed by atoms with Crippen molar-refractivity contribution in [3.63, 3.8) is 0 Å². The lowest BCUT2D eigenvalue weighted by Crippen LogP contribution is -2.15. The molecule has 1 N–H and O–H groups in total. The highest BCUT2D eigenvalue weighted by atomic mass is 79.9. The number of phenols is 1. The van der Waals surface area contributed by atoms with Crippen molar-refractivity contribution in [2.45, 2.75) is 32.1 Å². The van der Waals surface area contributed by atoms with E-state index in [1.165, 1.54) is 32.1 Å². The van der Waals surface area contributed by atoms with E-state index >= 15 is 0 Å². The predicted octanol–water partition coefficient (Wildman–Crippen LogP) is 4.11. The summed E-state index contributed by atoms with van der Waals surface area (Å²) < 4.78 is 6.53. The molecule has 0 radical (unpaired) electrons. The molecule has 1 fully saturated rings. The van der Waals surface area contributed by atoms with Crippen LogP contribution in [0.15, 0.2) is 22.7 Å². The van der Waals surface area contributed by atoms with Crippen LogP contribution in [0, 0.1) is 5.92 Å². The van der Waals surface area contributed by atoms with Crippen molar-refractivity contribution in [3.05, 3.63) is 22.7 Å². The molecule has 3 heteroatoms. The first-order valence-electron chi connectivity index (χ1n) is 5.87. The lowest BCUT2D eigenvalue weighted by atomic mass is 9.90. The fraction of sp³-hybridized carbons (Fsp3) is 0.538. The Kier molecular flexibility index (Phi) is 4.10. The molecule has 2 nitrogen and oxygen atoms in total. The first-order chi connectivity index (χ1) is 7.75. The zero-order valence-corrected chi connectivity index (χ0v) is 10.9. The van der Waals surface area contributed by atoms with Gasteiger partial charge in [-0.25, -0.2) is 0 Å². The maximum Gasteiger partial charge on any atom is 0.160 e. The lowest BCUT2D eigenvalue weighted by molar-refractivity contribution is 0.203. The summed E-state index contributed by atoms with van der Waals surface area (Å²) in [6.45, 7) is 0.731. The largest absolute Gasteiger partial charge is 0.504 e. The minimum atomic E-state index is 0.213. The number of halogens is 1. The molecule has 1 aromatic rings. The molecule has 1 aliphatic rings. The predicted molar refractivity (Wildman–Crippen MR) is 67.9 cm³/mol. The molecule has 0 atom stereocenters. The van der Waals surface area contributed by atoms with Crippen molar-refractivity contribution < 1.29 is 9.84 Å². The second-order valence-electron chi connectivity index (χ2n) is 4.43. The number of rotatable bonds is 3. The Hall–Kier alpha value is -0.700. The molecule has 0 spiro atoms. The van der Waals surface area contributed by atoms with E-state index in [0.717, 1.165) is 11.1 Å². The minimum absolute atomic E-state index is 0.213. The van der Waals surface area contributed by atoms with E-state index in [0.29, 0.717) is 11.7 Å². The van der Waals surface area contributed by atoms with Gasteiger partial charge in [0.1, 0.15) is 0 Å². The summed E-state index contributed by atoms with van der Waals surface area (Å²) in [7, 11) is 0. The maximum atomic E-state index is 9.67. The van der Waals surface area contributed by atoms with Crippen molar-refractivity contribution in [1.29, 1.82) is 0 Å². The standard InChI is InChI=1S/C13H17BrO2/c14-11-6-7-13(12(15)8-11)16-9-10-4-2-1-3-5-10/h6-8,10,15H,1-5,9H2. The third-order valence-electron chi connectivity index (χ3n) is 3.12. The van der Waals surface area contributed by atoms with Crippen LogP contribution in [0.4, 0.5) is 0 Å². The van der Waals surface area contributed by atoms with E-state index in [-0.39, 0.29) is 5.75 Å². The molecule has 0 aromatic heterocycles. The summed E-state index contributed by atoms with van der Waals surface area (Å²) in [6.07, 6.45) is 6.52. The van der Waals surface area contributed by atoms with Gasteiger partial charge in [-0.05, 0) is 37.0 Å². The second kappa shape index (κ2) is 5.58. The summed E-state index contributed by atoms with van der Waals surface area (Å²) in [5, 5.41) is 9.67. The van der Waals surface area contributed by atoms with E-state index in [1.54, 1.807) is 6.07 Å². The van der Waals surface area contributed by atoms with E-state index < -0.39 is 0 Å². The summed E-state index contributed by atoms with van der Waals surface area (Å²) >= 11 is 3.31. The number of hydrogen-bond donors (Lipinski definition) is 1. The molecule has 0 saturated heterocycles. The van der Waals surface area contributed by atoms with Crippen LogP contribution in [-0.2, 0) is 0 Å². The normalized spacial score (nSPS) is 17.3. The van der Waals surface area contributed by atoms with Crippen molar-refractivity contribution in [2.75, 3.05) is 6.61 Å². The number of benzene rings is 1. The van der Waals surface area contributed by atoms with Gasteiger partial charge in [-0.1, -0.05) is 35.2 Å². The Morgan fingerprint density at radius 1 is 1.25 bits per heavy atom. The Bertz CT molecular complexity index is 346. The Morgan fingerprint density at radius 2 is 2.00 bits per heavy atom. The summed E-state index contributed by atoms with van der Waals surface area (Å²) in [6, 6.07) is 5.36. The number of ether oxygens (including phenoxy) is 1. The zero-order chi connectivity index (χ0) is 11.4. The van der Waals surface area contributed by atoms with Crippen LogP contribution in [0.25, 0.3) is 0 Å². The Morgan fingerprint density at radius 3 is 2.69 bits per heavy atom. The summed E-state index contributed by atoms with van der Waals surface area (Å²) in [5.74, 6) is 1.47. The van der Waals surface area contributed by atoms with E-state index in [1.807, 2.05) is 12.1 Å². The minimum Gasteiger partial charge on any atom is -0.504 e. The first kappa shape index (κ1) is 11.8. The number of aromatic hydroxyl groups is 1. The molecule has 16 heavy (non-hydrogen) atoms. The topological polar surface area (TPSA) is 29.5 Å². The zero-order valence-electron chi connectivity index (χ0n) is 9.29. The monoisotopic (exact) mass is 284 g/mol. The third kappa shape index (κ3) is 3.14. The molecule has 88 valence electrons. The highest BCUT2D eigenvalue weighted by molar-refractivity contribution is 9.10. The smallest absolute Gasteiger partial charge is 0.160 e. The molecule has 0 unspecified atom stereocenters. The van der Waals surface area contributed by atoms with Gasteiger partial charge >= 0.3 is 0 Å². The van der Waals surface area contributed by atoms with Crippen molar-refractivity contribution in [2.24, 2.45) is 5.92 Å². The first-order valence-corrected chi connectivity index (χ1v) is 6.66. The third-order valence-corrected chi connectivity index (χ3v) is 3.61. The highest BCUT2D eigenvalue weighted by Gasteiger charge is 2.14. The van der Waals surface area contributed by atoms with Gasteiger partial charge in [-0.3, -0.25) is 0 Å². The SMILES string of the molecule is Oc1cc(Br)ccc1OCC1CCCCC1. The van der Waals surface area contributed by atoms with E-state index in [9.17, 15) is 5.11 Å². The van der Waals surface area contributed by atoms with Crippen LogP contribution in [0.1, 0.15) is 32.1 Å². The van der Waals surface area contributed by atoms with Crippen molar-refractivity contribution >= 4 is 15.9 Å². The fourth-order valence-corrected chi connectivity index (χ4v) is 2.52. The van der Waals surface area contributed by atoms with Crippen LogP contribution in [0.3, 0.4) is 0 Å². The molecule has 0 heterocycles. The van der Waals surface area contributed by atoms with Gasteiger partial charge in [-0.15, -0.1) is 0 Å². The van der Waals surface area contributed by atoms with Gasteiger partial charge in [0.25, 0.3) is 0 Å². The van der Waals surface area contributed by atoms with Crippen molar-refractivity contribution in [3.8, 4) is 11.5 Å². The molecule has 0 bridgehead atoms. The van der Waals surface area contributed by atoms with Gasteiger partial charge < -0.3 is 9.84 Å². The summed E-state index contributed by atoms with van der Waals surface area (Å²) in [5.41, 5.74) is 0. The van der Waals surface area contributed by atoms with Gasteiger partial charge in [0.2, 0.25) is 0 Å².